The number of nitrogens with one attached hydrogen (secondary N) is 1. The number of hydrogen-bond donors (Lipinski definition) is 2. The number of benzene rings is 1. The number of nitrogen functional groups attached to an aromatic ring is 1. The summed E-state index contributed by atoms with van der Waals surface area (Å²) in [4.78, 5) is 12.5. The van der Waals surface area contributed by atoms with Gasteiger partial charge in [0.25, 0.3) is 0 Å². The molecule has 1 heterocycles. The summed E-state index contributed by atoms with van der Waals surface area (Å²) >= 11 is 1.34. The fourth-order valence-corrected chi connectivity index (χ4v) is 4.44. The highest BCUT2D eigenvalue weighted by atomic mass is 32.2. The van der Waals surface area contributed by atoms with Gasteiger partial charge in [-0.1, -0.05) is 62.9 Å². The van der Waals surface area contributed by atoms with Crippen LogP contribution in [0.3, 0.4) is 0 Å². The third-order valence-corrected chi connectivity index (χ3v) is 6.57. The molecule has 1 saturated carbocycles. The highest BCUT2D eigenvalue weighted by molar-refractivity contribution is 8.00. The largest absolute Gasteiger partial charge is 0.336 e. The topological polar surface area (TPSA) is 85.8 Å². The minimum atomic E-state index is -0.316. The Kier molecular flexibility index (Phi) is 7.36. The van der Waals surface area contributed by atoms with E-state index in [2.05, 4.69) is 22.4 Å². The van der Waals surface area contributed by atoms with E-state index < -0.39 is 0 Å². The molecule has 2 aromatic rings. The lowest BCUT2D eigenvalue weighted by Gasteiger charge is -2.20. The highest BCUT2D eigenvalue weighted by Crippen LogP contribution is 2.28. The molecule has 0 radical (unpaired) electrons. The Morgan fingerprint density at radius 1 is 1.25 bits per heavy atom. The molecule has 1 aliphatic carbocycles. The van der Waals surface area contributed by atoms with Crippen LogP contribution >= 0.6 is 11.8 Å². The van der Waals surface area contributed by atoms with E-state index in [4.69, 9.17) is 5.84 Å². The van der Waals surface area contributed by atoms with E-state index in [1.165, 1.54) is 49.4 Å². The second kappa shape index (κ2) is 9.96. The quantitative estimate of drug-likeness (QED) is 0.512. The van der Waals surface area contributed by atoms with E-state index in [1.54, 1.807) is 4.68 Å². The molecule has 1 fully saturated rings. The lowest BCUT2D eigenvalue weighted by molar-refractivity contribution is -0.115. The van der Waals surface area contributed by atoms with E-state index in [-0.39, 0.29) is 11.2 Å². The number of nitrogens with two attached hydrogens (primary N) is 1. The monoisotopic (exact) mass is 401 g/mol. The maximum Gasteiger partial charge on any atom is 0.237 e. The zero-order valence-corrected chi connectivity index (χ0v) is 17.7. The summed E-state index contributed by atoms with van der Waals surface area (Å²) in [6, 6.07) is 7.93. The molecule has 0 spiro atoms. The number of carbonyl (C=O) groups is 1. The lowest BCUT2D eigenvalue weighted by Crippen LogP contribution is -2.24. The molecule has 152 valence electrons. The van der Waals surface area contributed by atoms with Gasteiger partial charge in [0.1, 0.15) is 0 Å². The summed E-state index contributed by atoms with van der Waals surface area (Å²) in [6.45, 7) is 3.97. The number of hydrogen-bond acceptors (Lipinski definition) is 5. The van der Waals surface area contributed by atoms with Crippen molar-refractivity contribution in [2.75, 3.05) is 11.2 Å². The zero-order valence-electron chi connectivity index (χ0n) is 16.9. The molecule has 1 amide bonds. The molecule has 3 N–H and O–H groups in total. The Morgan fingerprint density at radius 3 is 2.64 bits per heavy atom. The fourth-order valence-electron chi connectivity index (χ4n) is 3.65. The van der Waals surface area contributed by atoms with Crippen LogP contribution < -0.4 is 11.2 Å². The normalized spacial score (nSPS) is 16.1. The predicted molar refractivity (Wildman–Crippen MR) is 115 cm³/mol. The van der Waals surface area contributed by atoms with E-state index in [9.17, 15) is 4.79 Å². The van der Waals surface area contributed by atoms with Crippen LogP contribution in [0.25, 0.3) is 0 Å². The molecule has 1 aromatic heterocycles. The summed E-state index contributed by atoms with van der Waals surface area (Å²) in [6.07, 6.45) is 9.63. The van der Waals surface area contributed by atoms with Crippen molar-refractivity contribution in [1.82, 2.24) is 14.9 Å². The van der Waals surface area contributed by atoms with Crippen molar-refractivity contribution in [3.8, 4) is 0 Å². The van der Waals surface area contributed by atoms with E-state index in [0.29, 0.717) is 5.16 Å². The van der Waals surface area contributed by atoms with Crippen molar-refractivity contribution < 1.29 is 4.79 Å². The maximum atomic E-state index is 12.5. The molecule has 0 bridgehead atoms. The SMILES string of the molecule is CCc1ccc(NC(=O)[C@@H](C)Sc2nnc(CCC3CCCCC3)n2N)cc1. The first-order chi connectivity index (χ1) is 13.6. The van der Waals surface area contributed by atoms with Crippen molar-refractivity contribution in [2.24, 2.45) is 5.92 Å². The molecule has 6 nitrogen and oxygen atoms in total. The minimum absolute atomic E-state index is 0.0685. The third-order valence-electron chi connectivity index (χ3n) is 5.52. The first-order valence-corrected chi connectivity index (χ1v) is 11.2. The van der Waals surface area contributed by atoms with Crippen molar-refractivity contribution in [2.45, 2.75) is 75.6 Å². The molecule has 0 unspecified atom stereocenters. The maximum absolute atomic E-state index is 12.5. The van der Waals surface area contributed by atoms with Crippen molar-refractivity contribution in [3.63, 3.8) is 0 Å². The summed E-state index contributed by atoms with van der Waals surface area (Å²) in [5.41, 5.74) is 2.05. The second-order valence-electron chi connectivity index (χ2n) is 7.61. The molecule has 28 heavy (non-hydrogen) atoms. The molecular formula is C21H31N5OS. The highest BCUT2D eigenvalue weighted by Gasteiger charge is 2.20. The number of nitrogens with zero attached hydrogens (tertiary/aromatic N) is 3. The van der Waals surface area contributed by atoms with Gasteiger partial charge in [-0.25, -0.2) is 4.68 Å². The van der Waals surface area contributed by atoms with Gasteiger partial charge in [0.2, 0.25) is 11.1 Å². The van der Waals surface area contributed by atoms with E-state index in [1.807, 2.05) is 31.2 Å². The Hall–Kier alpha value is -2.02. The summed E-state index contributed by atoms with van der Waals surface area (Å²) in [5.74, 6) is 7.71. The summed E-state index contributed by atoms with van der Waals surface area (Å²) in [5, 5.41) is 11.7. The Bertz CT molecular complexity index is 768. The van der Waals surface area contributed by atoms with Gasteiger partial charge in [0.15, 0.2) is 5.82 Å². The van der Waals surface area contributed by atoms with Crippen molar-refractivity contribution >= 4 is 23.4 Å². The van der Waals surface area contributed by atoms with E-state index >= 15 is 0 Å². The number of thioether (sulfide) groups is 1. The van der Waals surface area contributed by atoms with Crippen LogP contribution in [0.4, 0.5) is 5.69 Å². The van der Waals surface area contributed by atoms with Crippen LogP contribution in [0.1, 0.15) is 63.8 Å². The van der Waals surface area contributed by atoms with Gasteiger partial charge in [-0.05, 0) is 43.4 Å². The number of rotatable bonds is 8. The summed E-state index contributed by atoms with van der Waals surface area (Å²) in [7, 11) is 0. The predicted octanol–water partition coefficient (Wildman–Crippen LogP) is 4.19. The van der Waals surface area contributed by atoms with Crippen LogP contribution in [-0.2, 0) is 17.6 Å². The van der Waals surface area contributed by atoms with E-state index in [0.717, 1.165) is 36.7 Å². The number of carbonyl (C=O) groups excluding carboxylic acids is 1. The first-order valence-electron chi connectivity index (χ1n) is 10.3. The number of anilines is 1. The Morgan fingerprint density at radius 2 is 1.96 bits per heavy atom. The van der Waals surface area contributed by atoms with Crippen LogP contribution in [0, 0.1) is 5.92 Å². The van der Waals surface area contributed by atoms with Crippen molar-refractivity contribution in [3.05, 3.63) is 35.7 Å². The van der Waals surface area contributed by atoms with Gasteiger partial charge in [-0.3, -0.25) is 4.79 Å². The molecule has 1 aromatic carbocycles. The van der Waals surface area contributed by atoms with Gasteiger partial charge < -0.3 is 11.2 Å². The molecule has 7 heteroatoms. The van der Waals surface area contributed by atoms with Gasteiger partial charge in [-0.15, -0.1) is 10.2 Å². The van der Waals surface area contributed by atoms with Crippen LogP contribution in [0.5, 0.6) is 0 Å². The second-order valence-corrected chi connectivity index (χ2v) is 8.92. The van der Waals surface area contributed by atoms with Gasteiger partial charge in [0, 0.05) is 12.1 Å². The molecular weight excluding hydrogens is 370 g/mol. The first kappa shape index (κ1) is 20.7. The standard InChI is InChI=1S/C21H31N5OS/c1-3-16-9-12-18(13-10-16)23-20(27)15(2)28-21-25-24-19(26(21)22)14-11-17-7-5-4-6-8-17/h9-10,12-13,15,17H,3-8,11,14,22H2,1-2H3,(H,23,27)/t15-/m1/s1. The smallest absolute Gasteiger partial charge is 0.237 e. The Labute approximate surface area is 171 Å². The molecule has 0 aliphatic heterocycles. The molecule has 1 atom stereocenters. The van der Waals surface area contributed by atoms with Gasteiger partial charge in [-0.2, -0.15) is 0 Å². The zero-order chi connectivity index (χ0) is 19.9. The van der Waals surface area contributed by atoms with Gasteiger partial charge >= 0.3 is 0 Å². The molecule has 0 saturated heterocycles. The Balaban J connectivity index is 1.52. The number of aryl methyl sites for hydroxylation is 2. The minimum Gasteiger partial charge on any atom is -0.336 e. The summed E-state index contributed by atoms with van der Waals surface area (Å²) < 4.78 is 1.55. The lowest BCUT2D eigenvalue weighted by atomic mass is 9.86. The van der Waals surface area contributed by atoms with Crippen LogP contribution in [0.15, 0.2) is 29.4 Å². The van der Waals surface area contributed by atoms with Crippen molar-refractivity contribution in [1.29, 1.82) is 0 Å². The average Bonchev–Trinajstić information content (AvgIpc) is 3.07. The van der Waals surface area contributed by atoms with Gasteiger partial charge in [0.05, 0.1) is 5.25 Å². The molecule has 3 rings (SSSR count). The molecule has 1 aliphatic rings. The number of aromatic nitrogens is 3. The fraction of sp³-hybridized carbons (Fsp3) is 0.571. The van der Waals surface area contributed by atoms with Crippen LogP contribution in [0.2, 0.25) is 0 Å². The average molecular weight is 402 g/mol. The number of amides is 1. The van der Waals surface area contributed by atoms with Crippen LogP contribution in [-0.4, -0.2) is 26.0 Å². The third kappa shape index (κ3) is 5.50.